The van der Waals surface area contributed by atoms with E-state index < -0.39 is 0 Å². The third-order valence-corrected chi connectivity index (χ3v) is 4.31. The van der Waals surface area contributed by atoms with Crippen molar-refractivity contribution in [2.45, 2.75) is 20.0 Å². The van der Waals surface area contributed by atoms with Crippen LogP contribution in [0.2, 0.25) is 0 Å². The van der Waals surface area contributed by atoms with Crippen molar-refractivity contribution in [3.63, 3.8) is 0 Å². The van der Waals surface area contributed by atoms with E-state index in [0.29, 0.717) is 31.9 Å². The zero-order valence-electron chi connectivity index (χ0n) is 14.3. The van der Waals surface area contributed by atoms with Crippen LogP contribution >= 0.6 is 0 Å². The van der Waals surface area contributed by atoms with Gasteiger partial charge in [0.1, 0.15) is 12.4 Å². The summed E-state index contributed by atoms with van der Waals surface area (Å²) >= 11 is 0. The molecule has 2 aromatic rings. The molecule has 1 fully saturated rings. The highest BCUT2D eigenvalue weighted by molar-refractivity contribution is 5.93. The van der Waals surface area contributed by atoms with Gasteiger partial charge in [0.25, 0.3) is 5.91 Å². The highest BCUT2D eigenvalue weighted by Gasteiger charge is 2.25. The van der Waals surface area contributed by atoms with Crippen LogP contribution in [-0.2, 0) is 11.4 Å². The van der Waals surface area contributed by atoms with E-state index in [9.17, 15) is 9.59 Å². The van der Waals surface area contributed by atoms with Crippen LogP contribution in [0.25, 0.3) is 0 Å². The van der Waals surface area contributed by atoms with Crippen molar-refractivity contribution in [2.75, 3.05) is 26.2 Å². The number of para-hydroxylation sites is 1. The van der Waals surface area contributed by atoms with Crippen molar-refractivity contribution in [2.24, 2.45) is 0 Å². The topological polar surface area (TPSA) is 63.0 Å². The second kappa shape index (κ2) is 7.88. The molecule has 0 aliphatic carbocycles. The van der Waals surface area contributed by atoms with Gasteiger partial charge in [0.05, 0.1) is 6.26 Å². The van der Waals surface area contributed by atoms with Crippen LogP contribution < -0.4 is 4.74 Å². The minimum absolute atomic E-state index is 0.0456. The molecule has 6 heteroatoms. The fraction of sp³-hybridized carbons (Fsp3) is 0.368. The lowest BCUT2D eigenvalue weighted by molar-refractivity contribution is -0.128. The molecule has 1 aliphatic heterocycles. The molecule has 0 saturated carbocycles. The summed E-state index contributed by atoms with van der Waals surface area (Å²) in [6.07, 6.45) is 2.28. The predicted molar refractivity (Wildman–Crippen MR) is 92.3 cm³/mol. The first-order chi connectivity index (χ1) is 12.1. The minimum atomic E-state index is -0.151. The average molecular weight is 342 g/mol. The van der Waals surface area contributed by atoms with Crippen LogP contribution in [0, 0.1) is 0 Å². The zero-order chi connectivity index (χ0) is 17.6. The Labute approximate surface area is 147 Å². The van der Waals surface area contributed by atoms with Crippen molar-refractivity contribution in [1.29, 1.82) is 0 Å². The fourth-order valence-corrected chi connectivity index (χ4v) is 2.89. The van der Waals surface area contributed by atoms with Gasteiger partial charge >= 0.3 is 0 Å². The number of hydrogen-bond donors (Lipinski definition) is 0. The molecule has 0 unspecified atom stereocenters. The number of furan rings is 1. The van der Waals surface area contributed by atoms with E-state index in [1.54, 1.807) is 22.8 Å². The monoisotopic (exact) mass is 342 g/mol. The Morgan fingerprint density at radius 3 is 2.52 bits per heavy atom. The number of carbonyl (C=O) groups is 2. The van der Waals surface area contributed by atoms with Crippen molar-refractivity contribution in [1.82, 2.24) is 9.80 Å². The van der Waals surface area contributed by atoms with Crippen LogP contribution in [0.4, 0.5) is 0 Å². The molecular formula is C19H22N2O4. The van der Waals surface area contributed by atoms with Crippen LogP contribution in [0.3, 0.4) is 0 Å². The SMILES string of the molecule is CC(=O)N1CCCN(C(=O)c2occc2COc2ccccc2)CC1. The first-order valence-electron chi connectivity index (χ1n) is 8.44. The molecule has 0 N–H and O–H groups in total. The van der Waals surface area contributed by atoms with Crippen LogP contribution in [0.5, 0.6) is 5.75 Å². The summed E-state index contributed by atoms with van der Waals surface area (Å²) in [7, 11) is 0. The molecule has 1 aromatic carbocycles. The smallest absolute Gasteiger partial charge is 0.290 e. The predicted octanol–water partition coefficient (Wildman–Crippen LogP) is 2.55. The second-order valence-electron chi connectivity index (χ2n) is 6.03. The maximum absolute atomic E-state index is 12.8. The highest BCUT2D eigenvalue weighted by atomic mass is 16.5. The molecule has 0 bridgehead atoms. The molecule has 6 nitrogen and oxygen atoms in total. The van der Waals surface area contributed by atoms with Crippen molar-refractivity contribution < 1.29 is 18.7 Å². The van der Waals surface area contributed by atoms with Gasteiger partial charge < -0.3 is 19.0 Å². The van der Waals surface area contributed by atoms with Gasteiger partial charge in [-0.25, -0.2) is 0 Å². The van der Waals surface area contributed by atoms with Crippen molar-refractivity contribution >= 4 is 11.8 Å². The van der Waals surface area contributed by atoms with Gasteiger partial charge in [-0.2, -0.15) is 0 Å². The van der Waals surface area contributed by atoms with Crippen LogP contribution in [-0.4, -0.2) is 47.8 Å². The lowest BCUT2D eigenvalue weighted by atomic mass is 10.2. The number of rotatable bonds is 4. The average Bonchev–Trinajstić information content (AvgIpc) is 2.95. The van der Waals surface area contributed by atoms with Gasteiger partial charge in [-0.3, -0.25) is 9.59 Å². The molecule has 0 atom stereocenters. The van der Waals surface area contributed by atoms with E-state index in [-0.39, 0.29) is 18.4 Å². The minimum Gasteiger partial charge on any atom is -0.489 e. The number of amides is 2. The van der Waals surface area contributed by atoms with E-state index in [1.807, 2.05) is 30.3 Å². The Kier molecular flexibility index (Phi) is 5.38. The van der Waals surface area contributed by atoms with Gasteiger partial charge in [-0.1, -0.05) is 18.2 Å². The third-order valence-electron chi connectivity index (χ3n) is 4.31. The summed E-state index contributed by atoms with van der Waals surface area (Å²) in [6.45, 7) is 4.19. The summed E-state index contributed by atoms with van der Waals surface area (Å²) in [5.41, 5.74) is 0.724. The van der Waals surface area contributed by atoms with Gasteiger partial charge in [-0.05, 0) is 24.6 Å². The normalized spacial score (nSPS) is 14.9. The Balaban J connectivity index is 1.65. The summed E-state index contributed by atoms with van der Waals surface area (Å²) < 4.78 is 11.1. The van der Waals surface area contributed by atoms with Crippen molar-refractivity contribution in [3.8, 4) is 5.75 Å². The number of carbonyl (C=O) groups excluding carboxylic acids is 2. The van der Waals surface area contributed by atoms with Gasteiger partial charge in [0, 0.05) is 38.7 Å². The van der Waals surface area contributed by atoms with E-state index in [1.165, 1.54) is 6.26 Å². The van der Waals surface area contributed by atoms with E-state index in [4.69, 9.17) is 9.15 Å². The molecule has 1 saturated heterocycles. The molecule has 0 radical (unpaired) electrons. The first kappa shape index (κ1) is 17.1. The number of nitrogens with zero attached hydrogens (tertiary/aromatic N) is 2. The third kappa shape index (κ3) is 4.21. The van der Waals surface area contributed by atoms with E-state index in [0.717, 1.165) is 17.7 Å². The largest absolute Gasteiger partial charge is 0.489 e. The second-order valence-corrected chi connectivity index (χ2v) is 6.03. The molecule has 2 amide bonds. The molecule has 25 heavy (non-hydrogen) atoms. The Bertz CT molecular complexity index is 726. The Morgan fingerprint density at radius 2 is 1.76 bits per heavy atom. The van der Waals surface area contributed by atoms with E-state index >= 15 is 0 Å². The first-order valence-corrected chi connectivity index (χ1v) is 8.44. The molecule has 3 rings (SSSR count). The quantitative estimate of drug-likeness (QED) is 0.857. The van der Waals surface area contributed by atoms with Gasteiger partial charge in [-0.15, -0.1) is 0 Å². The van der Waals surface area contributed by atoms with Crippen LogP contribution in [0.1, 0.15) is 29.5 Å². The summed E-state index contributed by atoms with van der Waals surface area (Å²) in [5.74, 6) is 0.951. The molecule has 132 valence electrons. The van der Waals surface area contributed by atoms with Crippen molar-refractivity contribution in [3.05, 3.63) is 54.0 Å². The zero-order valence-corrected chi connectivity index (χ0v) is 14.3. The Hall–Kier alpha value is -2.76. The number of hydrogen-bond acceptors (Lipinski definition) is 4. The molecule has 2 heterocycles. The highest BCUT2D eigenvalue weighted by Crippen LogP contribution is 2.18. The molecule has 1 aliphatic rings. The van der Waals surface area contributed by atoms with Gasteiger partial charge in [0.2, 0.25) is 5.91 Å². The summed E-state index contributed by atoms with van der Waals surface area (Å²) in [6, 6.07) is 11.2. The summed E-state index contributed by atoms with van der Waals surface area (Å²) in [4.78, 5) is 27.8. The van der Waals surface area contributed by atoms with Crippen LogP contribution in [0.15, 0.2) is 47.1 Å². The number of ether oxygens (including phenoxy) is 1. The standard InChI is InChI=1S/C19H22N2O4/c1-15(22)20-9-5-10-21(12-11-20)19(23)18-16(8-13-24-18)14-25-17-6-3-2-4-7-17/h2-4,6-8,13H,5,9-12,14H2,1H3. The van der Waals surface area contributed by atoms with E-state index in [2.05, 4.69) is 0 Å². The Morgan fingerprint density at radius 1 is 1.04 bits per heavy atom. The fourth-order valence-electron chi connectivity index (χ4n) is 2.89. The maximum Gasteiger partial charge on any atom is 0.290 e. The maximum atomic E-state index is 12.8. The molecule has 0 spiro atoms. The lowest BCUT2D eigenvalue weighted by Gasteiger charge is -2.21. The molecular weight excluding hydrogens is 320 g/mol. The number of benzene rings is 1. The molecule has 1 aromatic heterocycles. The lowest BCUT2D eigenvalue weighted by Crippen LogP contribution is -2.36. The van der Waals surface area contributed by atoms with Gasteiger partial charge in [0.15, 0.2) is 5.76 Å². The summed E-state index contributed by atoms with van der Waals surface area (Å²) in [5, 5.41) is 0.